The molecule has 4 rings (SSSR count). The third-order valence-corrected chi connectivity index (χ3v) is 4.49. The Morgan fingerprint density at radius 1 is 1.00 bits per heavy atom. The number of halogens is 1. The first-order valence-electron chi connectivity index (χ1n) is 8.76. The molecule has 27 heavy (non-hydrogen) atoms. The first kappa shape index (κ1) is 17.4. The Balaban J connectivity index is 1.55. The molecule has 0 aliphatic heterocycles. The zero-order chi connectivity index (χ0) is 18.8. The summed E-state index contributed by atoms with van der Waals surface area (Å²) in [6.45, 7) is 4.66. The minimum atomic E-state index is 0.194. The van der Waals surface area contributed by atoms with Crippen molar-refractivity contribution in [3.8, 4) is 11.1 Å². The lowest BCUT2D eigenvalue weighted by Gasteiger charge is -2.09. The van der Waals surface area contributed by atoms with E-state index in [0.29, 0.717) is 17.9 Å². The van der Waals surface area contributed by atoms with Crippen LogP contribution < -0.4 is 5.32 Å². The highest BCUT2D eigenvalue weighted by molar-refractivity contribution is 6.28. The Morgan fingerprint density at radius 2 is 1.81 bits per heavy atom. The summed E-state index contributed by atoms with van der Waals surface area (Å²) in [5, 5.41) is 3.48. The molecule has 0 unspecified atom stereocenters. The van der Waals surface area contributed by atoms with Crippen LogP contribution in [-0.2, 0) is 6.54 Å². The van der Waals surface area contributed by atoms with Gasteiger partial charge in [0.25, 0.3) is 0 Å². The van der Waals surface area contributed by atoms with Crippen LogP contribution >= 0.6 is 11.6 Å². The van der Waals surface area contributed by atoms with Crippen LogP contribution in [-0.4, -0.2) is 24.5 Å². The van der Waals surface area contributed by atoms with E-state index in [1.807, 2.05) is 35.0 Å². The molecule has 3 aromatic heterocycles. The number of nitrogens with one attached hydrogen (secondary N) is 1. The standard InChI is InChI=1S/C20H19ClN6/c1-13(2)27-12-24-17-18(25-20(21)26-19(17)27)23-11-16-9-8-15(10-22-16)14-6-4-3-5-7-14/h3-10,12-13H,11H2,1-2H3,(H,23,25,26). The molecule has 0 saturated heterocycles. The lowest BCUT2D eigenvalue weighted by Crippen LogP contribution is -2.06. The average Bonchev–Trinajstić information content (AvgIpc) is 3.11. The van der Waals surface area contributed by atoms with Crippen LogP contribution in [0.4, 0.5) is 5.82 Å². The van der Waals surface area contributed by atoms with Gasteiger partial charge in [0.05, 0.1) is 18.6 Å². The molecule has 0 aliphatic carbocycles. The van der Waals surface area contributed by atoms with Crippen molar-refractivity contribution in [3.05, 3.63) is 66.0 Å². The van der Waals surface area contributed by atoms with Crippen LogP contribution in [0.1, 0.15) is 25.6 Å². The van der Waals surface area contributed by atoms with Gasteiger partial charge >= 0.3 is 0 Å². The zero-order valence-electron chi connectivity index (χ0n) is 15.1. The highest BCUT2D eigenvalue weighted by Gasteiger charge is 2.14. The van der Waals surface area contributed by atoms with Crippen LogP contribution in [0.25, 0.3) is 22.3 Å². The molecule has 0 spiro atoms. The second-order valence-electron chi connectivity index (χ2n) is 6.52. The van der Waals surface area contributed by atoms with Crippen molar-refractivity contribution >= 4 is 28.6 Å². The Kier molecular flexibility index (Phi) is 4.73. The fraction of sp³-hybridized carbons (Fsp3) is 0.200. The number of aromatic nitrogens is 5. The van der Waals surface area contributed by atoms with Gasteiger partial charge in [0.1, 0.15) is 0 Å². The number of rotatable bonds is 5. The van der Waals surface area contributed by atoms with E-state index in [1.165, 1.54) is 0 Å². The summed E-state index contributed by atoms with van der Waals surface area (Å²) in [5.41, 5.74) is 4.56. The summed E-state index contributed by atoms with van der Waals surface area (Å²) in [5.74, 6) is 0.610. The summed E-state index contributed by atoms with van der Waals surface area (Å²) < 4.78 is 1.97. The second kappa shape index (κ2) is 7.32. The summed E-state index contributed by atoms with van der Waals surface area (Å²) >= 11 is 6.11. The number of fused-ring (bicyclic) bond motifs is 1. The van der Waals surface area contributed by atoms with Crippen molar-refractivity contribution in [2.75, 3.05) is 5.32 Å². The van der Waals surface area contributed by atoms with Crippen LogP contribution in [0.5, 0.6) is 0 Å². The van der Waals surface area contributed by atoms with Gasteiger partial charge in [-0.3, -0.25) is 4.98 Å². The highest BCUT2D eigenvalue weighted by atomic mass is 35.5. The molecule has 0 aliphatic rings. The maximum atomic E-state index is 6.11. The fourth-order valence-electron chi connectivity index (χ4n) is 2.90. The second-order valence-corrected chi connectivity index (χ2v) is 6.85. The molecular weight excluding hydrogens is 360 g/mol. The monoisotopic (exact) mass is 378 g/mol. The van der Waals surface area contributed by atoms with E-state index in [-0.39, 0.29) is 11.3 Å². The third kappa shape index (κ3) is 3.61. The van der Waals surface area contributed by atoms with E-state index in [1.54, 1.807) is 6.33 Å². The van der Waals surface area contributed by atoms with Crippen molar-refractivity contribution in [1.82, 2.24) is 24.5 Å². The van der Waals surface area contributed by atoms with E-state index in [2.05, 4.69) is 57.3 Å². The van der Waals surface area contributed by atoms with Crippen LogP contribution in [0.3, 0.4) is 0 Å². The van der Waals surface area contributed by atoms with E-state index in [4.69, 9.17) is 11.6 Å². The van der Waals surface area contributed by atoms with Crippen molar-refractivity contribution in [3.63, 3.8) is 0 Å². The number of hydrogen-bond donors (Lipinski definition) is 1. The SMILES string of the molecule is CC(C)n1cnc2c(NCc3ccc(-c4ccccc4)cn3)nc(Cl)nc21. The lowest BCUT2D eigenvalue weighted by atomic mass is 10.1. The first-order chi connectivity index (χ1) is 13.1. The van der Waals surface area contributed by atoms with Gasteiger partial charge in [-0.25, -0.2) is 4.98 Å². The molecule has 4 aromatic rings. The van der Waals surface area contributed by atoms with Gasteiger partial charge < -0.3 is 9.88 Å². The maximum absolute atomic E-state index is 6.11. The van der Waals surface area contributed by atoms with Crippen LogP contribution in [0, 0.1) is 0 Å². The summed E-state index contributed by atoms with van der Waals surface area (Å²) in [4.78, 5) is 17.6. The van der Waals surface area contributed by atoms with Gasteiger partial charge in [0.15, 0.2) is 17.0 Å². The normalized spacial score (nSPS) is 11.3. The smallest absolute Gasteiger partial charge is 0.226 e. The largest absolute Gasteiger partial charge is 0.362 e. The van der Waals surface area contributed by atoms with Gasteiger partial charge in [0.2, 0.25) is 5.28 Å². The van der Waals surface area contributed by atoms with E-state index in [9.17, 15) is 0 Å². The van der Waals surface area contributed by atoms with Gasteiger partial charge in [-0.2, -0.15) is 9.97 Å². The minimum Gasteiger partial charge on any atom is -0.362 e. The molecule has 6 nitrogen and oxygen atoms in total. The molecule has 0 amide bonds. The molecule has 0 atom stereocenters. The molecule has 136 valence electrons. The quantitative estimate of drug-likeness (QED) is 0.508. The van der Waals surface area contributed by atoms with Gasteiger partial charge in [-0.1, -0.05) is 36.4 Å². The van der Waals surface area contributed by atoms with Crippen LogP contribution in [0.2, 0.25) is 5.28 Å². The van der Waals surface area contributed by atoms with Crippen molar-refractivity contribution in [2.45, 2.75) is 26.4 Å². The maximum Gasteiger partial charge on any atom is 0.226 e. The van der Waals surface area contributed by atoms with Gasteiger partial charge in [0, 0.05) is 17.8 Å². The predicted molar refractivity (Wildman–Crippen MR) is 108 cm³/mol. The Labute approximate surface area is 162 Å². The molecule has 1 aromatic carbocycles. The van der Waals surface area contributed by atoms with Gasteiger partial charge in [-0.15, -0.1) is 0 Å². The summed E-state index contributed by atoms with van der Waals surface area (Å²) in [6, 6.07) is 14.5. The minimum absolute atomic E-state index is 0.194. The van der Waals surface area contributed by atoms with Crippen molar-refractivity contribution in [2.24, 2.45) is 0 Å². The lowest BCUT2D eigenvalue weighted by molar-refractivity contribution is 0.612. The zero-order valence-corrected chi connectivity index (χ0v) is 15.9. The highest BCUT2D eigenvalue weighted by Crippen LogP contribution is 2.24. The first-order valence-corrected chi connectivity index (χ1v) is 9.14. The predicted octanol–water partition coefficient (Wildman–Crippen LogP) is 4.73. The topological polar surface area (TPSA) is 68.5 Å². The number of hydrogen-bond acceptors (Lipinski definition) is 5. The molecule has 0 saturated carbocycles. The molecule has 1 N–H and O–H groups in total. The molecular formula is C20H19ClN6. The molecule has 3 heterocycles. The number of benzene rings is 1. The van der Waals surface area contributed by atoms with Crippen molar-refractivity contribution in [1.29, 1.82) is 0 Å². The summed E-state index contributed by atoms with van der Waals surface area (Å²) in [6.07, 6.45) is 3.64. The summed E-state index contributed by atoms with van der Waals surface area (Å²) in [7, 11) is 0. The molecule has 0 fully saturated rings. The molecule has 0 bridgehead atoms. The fourth-order valence-corrected chi connectivity index (χ4v) is 3.06. The number of imidazole rings is 1. The number of pyridine rings is 1. The Hall–Kier alpha value is -2.99. The Morgan fingerprint density at radius 3 is 2.52 bits per heavy atom. The van der Waals surface area contributed by atoms with E-state index < -0.39 is 0 Å². The van der Waals surface area contributed by atoms with Gasteiger partial charge in [-0.05, 0) is 37.1 Å². The Bertz CT molecular complexity index is 1060. The van der Waals surface area contributed by atoms with E-state index in [0.717, 1.165) is 22.5 Å². The van der Waals surface area contributed by atoms with E-state index >= 15 is 0 Å². The number of anilines is 1. The van der Waals surface area contributed by atoms with Crippen LogP contribution in [0.15, 0.2) is 55.0 Å². The number of nitrogens with zero attached hydrogens (tertiary/aromatic N) is 5. The van der Waals surface area contributed by atoms with Crippen molar-refractivity contribution < 1.29 is 0 Å². The third-order valence-electron chi connectivity index (χ3n) is 4.32. The average molecular weight is 379 g/mol. The molecule has 0 radical (unpaired) electrons. The molecule has 7 heteroatoms.